The summed E-state index contributed by atoms with van der Waals surface area (Å²) in [6, 6.07) is 19.9. The maximum absolute atomic E-state index is 13.1. The van der Waals surface area contributed by atoms with Gasteiger partial charge in [0, 0.05) is 24.9 Å². The van der Waals surface area contributed by atoms with Crippen molar-refractivity contribution < 1.29 is 14.0 Å². The minimum atomic E-state index is -0.652. The Kier molecular flexibility index (Phi) is 7.09. The smallest absolute Gasteiger partial charge is 0.243 e. The molecule has 3 rings (SSSR count). The van der Waals surface area contributed by atoms with E-state index in [9.17, 15) is 9.59 Å². The van der Waals surface area contributed by atoms with Crippen LogP contribution in [0.25, 0.3) is 0 Å². The van der Waals surface area contributed by atoms with Crippen molar-refractivity contribution in [2.24, 2.45) is 0 Å². The van der Waals surface area contributed by atoms with Crippen molar-refractivity contribution in [3.05, 3.63) is 94.9 Å². The first-order valence-corrected chi connectivity index (χ1v) is 9.76. The number of amides is 2. The largest absolute Gasteiger partial charge is 0.467 e. The van der Waals surface area contributed by atoms with Gasteiger partial charge in [-0.25, -0.2) is 0 Å². The molecule has 0 aliphatic carbocycles. The molecule has 1 N–H and O–H groups in total. The maximum atomic E-state index is 13.1. The average molecular weight is 411 g/mol. The van der Waals surface area contributed by atoms with E-state index in [1.54, 1.807) is 35.4 Å². The number of benzene rings is 2. The monoisotopic (exact) mass is 410 g/mol. The fraction of sp³-hybridized carbons (Fsp3) is 0.217. The quantitative estimate of drug-likeness (QED) is 0.605. The SMILES string of the molecule is CC(=O)N(Cc1ccc(Cl)cc1)[C@H](Cc1ccccc1)C(=O)NCc1ccco1. The van der Waals surface area contributed by atoms with E-state index < -0.39 is 6.04 Å². The van der Waals surface area contributed by atoms with Gasteiger partial charge in [-0.05, 0) is 35.4 Å². The van der Waals surface area contributed by atoms with Crippen LogP contribution in [0.15, 0.2) is 77.4 Å². The predicted molar refractivity (Wildman–Crippen MR) is 112 cm³/mol. The van der Waals surface area contributed by atoms with Gasteiger partial charge in [-0.1, -0.05) is 54.1 Å². The minimum absolute atomic E-state index is 0.172. The number of halogens is 1. The molecule has 0 fully saturated rings. The first-order chi connectivity index (χ1) is 14.0. The van der Waals surface area contributed by atoms with Gasteiger partial charge in [0.05, 0.1) is 12.8 Å². The highest BCUT2D eigenvalue weighted by molar-refractivity contribution is 6.30. The molecule has 3 aromatic rings. The van der Waals surface area contributed by atoms with Crippen LogP contribution in [0.2, 0.25) is 5.02 Å². The number of carbonyl (C=O) groups is 2. The lowest BCUT2D eigenvalue weighted by Crippen LogP contribution is -2.49. The number of nitrogens with one attached hydrogen (secondary N) is 1. The molecule has 2 amide bonds. The predicted octanol–water partition coefficient (Wildman–Crippen LogP) is 4.21. The van der Waals surface area contributed by atoms with Crippen LogP contribution in [-0.4, -0.2) is 22.8 Å². The lowest BCUT2D eigenvalue weighted by atomic mass is 10.0. The van der Waals surface area contributed by atoms with Gasteiger partial charge in [-0.2, -0.15) is 0 Å². The maximum Gasteiger partial charge on any atom is 0.243 e. The topological polar surface area (TPSA) is 62.6 Å². The Morgan fingerprint density at radius 3 is 2.34 bits per heavy atom. The molecule has 0 spiro atoms. The average Bonchev–Trinajstić information content (AvgIpc) is 3.24. The van der Waals surface area contributed by atoms with Crippen LogP contribution in [0.3, 0.4) is 0 Å². The Labute approximate surface area is 175 Å². The zero-order valence-electron chi connectivity index (χ0n) is 16.2. The molecule has 5 nitrogen and oxygen atoms in total. The number of rotatable bonds is 8. The molecular formula is C23H23ClN2O3. The Hall–Kier alpha value is -3.05. The lowest BCUT2D eigenvalue weighted by Gasteiger charge is -2.30. The molecule has 2 aromatic carbocycles. The summed E-state index contributed by atoms with van der Waals surface area (Å²) in [5, 5.41) is 3.51. The highest BCUT2D eigenvalue weighted by atomic mass is 35.5. The van der Waals surface area contributed by atoms with Crippen LogP contribution in [0.5, 0.6) is 0 Å². The molecule has 1 atom stereocenters. The Balaban J connectivity index is 1.82. The lowest BCUT2D eigenvalue weighted by molar-refractivity contribution is -0.139. The number of furan rings is 1. The van der Waals surface area contributed by atoms with E-state index in [1.807, 2.05) is 42.5 Å². The van der Waals surface area contributed by atoms with Crippen LogP contribution in [0.4, 0.5) is 0 Å². The Bertz CT molecular complexity index is 925. The fourth-order valence-corrected chi connectivity index (χ4v) is 3.24. The molecule has 0 saturated heterocycles. The van der Waals surface area contributed by atoms with Gasteiger partial charge in [0.15, 0.2) is 0 Å². The van der Waals surface area contributed by atoms with E-state index in [4.69, 9.17) is 16.0 Å². The van der Waals surface area contributed by atoms with Gasteiger partial charge in [-0.15, -0.1) is 0 Å². The van der Waals surface area contributed by atoms with Crippen LogP contribution >= 0.6 is 11.6 Å². The van der Waals surface area contributed by atoms with Crippen molar-refractivity contribution in [1.29, 1.82) is 0 Å². The van der Waals surface area contributed by atoms with Crippen molar-refractivity contribution >= 4 is 23.4 Å². The van der Waals surface area contributed by atoms with Crippen molar-refractivity contribution in [1.82, 2.24) is 10.2 Å². The third kappa shape index (κ3) is 5.96. The Morgan fingerprint density at radius 1 is 1.00 bits per heavy atom. The molecule has 0 aliphatic rings. The summed E-state index contributed by atoms with van der Waals surface area (Å²) in [4.78, 5) is 27.1. The molecule has 0 saturated carbocycles. The van der Waals surface area contributed by atoms with Crippen molar-refractivity contribution in [3.8, 4) is 0 Å². The van der Waals surface area contributed by atoms with Crippen LogP contribution in [0.1, 0.15) is 23.8 Å². The number of nitrogens with zero attached hydrogens (tertiary/aromatic N) is 1. The third-order valence-electron chi connectivity index (χ3n) is 4.64. The number of hydrogen-bond acceptors (Lipinski definition) is 3. The van der Waals surface area contributed by atoms with E-state index in [1.165, 1.54) is 6.92 Å². The molecule has 0 unspecified atom stereocenters. The minimum Gasteiger partial charge on any atom is -0.467 e. The van der Waals surface area contributed by atoms with Gasteiger partial charge in [-0.3, -0.25) is 9.59 Å². The van der Waals surface area contributed by atoms with Crippen molar-refractivity contribution in [2.45, 2.75) is 32.5 Å². The molecule has 150 valence electrons. The van der Waals surface area contributed by atoms with Crippen molar-refractivity contribution in [3.63, 3.8) is 0 Å². The third-order valence-corrected chi connectivity index (χ3v) is 4.89. The summed E-state index contributed by atoms with van der Waals surface area (Å²) < 4.78 is 5.29. The van der Waals surface area contributed by atoms with Gasteiger partial charge < -0.3 is 14.6 Å². The van der Waals surface area contributed by atoms with Gasteiger partial charge in [0.25, 0.3) is 0 Å². The van der Waals surface area contributed by atoms with Crippen molar-refractivity contribution in [2.75, 3.05) is 0 Å². The summed E-state index contributed by atoms with van der Waals surface area (Å²) in [6.45, 7) is 2.07. The summed E-state index contributed by atoms with van der Waals surface area (Å²) in [5.74, 6) is 0.257. The van der Waals surface area contributed by atoms with Gasteiger partial charge in [0.1, 0.15) is 11.8 Å². The fourth-order valence-electron chi connectivity index (χ4n) is 3.11. The molecule has 1 heterocycles. The molecule has 6 heteroatoms. The Morgan fingerprint density at radius 2 is 1.72 bits per heavy atom. The zero-order valence-corrected chi connectivity index (χ0v) is 16.9. The molecular weight excluding hydrogens is 388 g/mol. The summed E-state index contributed by atoms with van der Waals surface area (Å²) in [7, 11) is 0. The molecule has 29 heavy (non-hydrogen) atoms. The van der Waals surface area contributed by atoms with Gasteiger partial charge in [0.2, 0.25) is 11.8 Å². The van der Waals surface area contributed by atoms with E-state index in [-0.39, 0.29) is 18.4 Å². The van der Waals surface area contributed by atoms with Crippen LogP contribution in [0, 0.1) is 0 Å². The highest BCUT2D eigenvalue weighted by Gasteiger charge is 2.28. The van der Waals surface area contributed by atoms with E-state index in [2.05, 4.69) is 5.32 Å². The second kappa shape index (κ2) is 9.94. The molecule has 0 bridgehead atoms. The molecule has 0 aliphatic heterocycles. The summed E-state index contributed by atoms with van der Waals surface area (Å²) in [5.41, 5.74) is 1.88. The van der Waals surface area contributed by atoms with Crippen LogP contribution < -0.4 is 5.32 Å². The first-order valence-electron chi connectivity index (χ1n) is 9.38. The summed E-state index contributed by atoms with van der Waals surface area (Å²) >= 11 is 5.97. The second-order valence-electron chi connectivity index (χ2n) is 6.78. The normalized spacial score (nSPS) is 11.7. The number of hydrogen-bond donors (Lipinski definition) is 1. The standard InChI is InChI=1S/C23H23ClN2O3/c1-17(27)26(16-19-9-11-20(24)12-10-19)22(14-18-6-3-2-4-7-18)23(28)25-15-21-8-5-13-29-21/h2-13,22H,14-16H2,1H3,(H,25,28)/t22-/m1/s1. The molecule has 1 aromatic heterocycles. The second-order valence-corrected chi connectivity index (χ2v) is 7.21. The zero-order chi connectivity index (χ0) is 20.6. The number of carbonyl (C=O) groups excluding carboxylic acids is 2. The van der Waals surface area contributed by atoms with Gasteiger partial charge >= 0.3 is 0 Å². The summed E-state index contributed by atoms with van der Waals surface area (Å²) in [6.07, 6.45) is 1.98. The van der Waals surface area contributed by atoms with Crippen LogP contribution in [-0.2, 0) is 29.1 Å². The van der Waals surface area contributed by atoms with E-state index >= 15 is 0 Å². The van der Waals surface area contributed by atoms with E-state index in [0.717, 1.165) is 11.1 Å². The molecule has 0 radical (unpaired) electrons. The van der Waals surface area contributed by atoms with E-state index in [0.29, 0.717) is 23.7 Å². The first kappa shape index (κ1) is 20.7. The highest BCUT2D eigenvalue weighted by Crippen LogP contribution is 2.17.